The minimum Gasteiger partial charge on any atom is -0.464 e. The van der Waals surface area contributed by atoms with Crippen LogP contribution in [0.4, 0.5) is 0 Å². The Labute approximate surface area is 121 Å². The molecule has 2 aromatic heterocycles. The summed E-state index contributed by atoms with van der Waals surface area (Å²) in [5.74, 6) is 0.842. The van der Waals surface area contributed by atoms with Gasteiger partial charge in [-0.1, -0.05) is 42.1 Å². The first-order chi connectivity index (χ1) is 9.86. The van der Waals surface area contributed by atoms with E-state index in [1.165, 1.54) is 5.56 Å². The highest BCUT2D eigenvalue weighted by Crippen LogP contribution is 2.21. The molecule has 0 unspecified atom stereocenters. The van der Waals surface area contributed by atoms with Crippen LogP contribution in [0.5, 0.6) is 6.01 Å². The lowest BCUT2D eigenvalue weighted by Crippen LogP contribution is -2.02. The fourth-order valence-corrected chi connectivity index (χ4v) is 2.57. The average Bonchev–Trinajstić information content (AvgIpc) is 2.91. The number of hydrogen-bond donors (Lipinski definition) is 0. The van der Waals surface area contributed by atoms with E-state index in [1.54, 1.807) is 22.5 Å². The summed E-state index contributed by atoms with van der Waals surface area (Å²) < 4.78 is 7.07. The van der Waals surface area contributed by atoms with Crippen LogP contribution in [0.15, 0.2) is 47.8 Å². The van der Waals surface area contributed by atoms with E-state index >= 15 is 0 Å². The number of fused-ring (bicyclic) bond motifs is 1. The highest BCUT2D eigenvalue weighted by molar-refractivity contribution is 7.98. The molecule has 2 heterocycles. The van der Waals surface area contributed by atoms with E-state index in [-0.39, 0.29) is 0 Å². The molecule has 0 saturated carbocycles. The molecule has 0 saturated heterocycles. The zero-order valence-electron chi connectivity index (χ0n) is 11.1. The molecule has 0 radical (unpaired) electrons. The second-order valence-corrected chi connectivity index (χ2v) is 5.04. The van der Waals surface area contributed by atoms with E-state index in [2.05, 4.69) is 27.2 Å². The molecule has 20 heavy (non-hydrogen) atoms. The van der Waals surface area contributed by atoms with Crippen LogP contribution >= 0.6 is 11.8 Å². The molecule has 0 bridgehead atoms. The molecule has 6 heteroatoms. The number of nitrogens with zero attached hydrogens (tertiary/aromatic N) is 4. The van der Waals surface area contributed by atoms with Crippen molar-refractivity contribution in [1.82, 2.24) is 19.6 Å². The Balaban J connectivity index is 1.80. The van der Waals surface area contributed by atoms with Gasteiger partial charge in [-0.3, -0.25) is 0 Å². The summed E-state index contributed by atoms with van der Waals surface area (Å²) in [5, 5.41) is 5.15. The lowest BCUT2D eigenvalue weighted by atomic mass is 10.2. The summed E-state index contributed by atoms with van der Waals surface area (Å²) >= 11 is 1.60. The fourth-order valence-electron chi connectivity index (χ4n) is 1.79. The Morgan fingerprint density at radius 3 is 2.85 bits per heavy atom. The summed E-state index contributed by atoms with van der Waals surface area (Å²) in [6, 6.07) is 12.6. The molecule has 0 aliphatic carbocycles. The molecule has 3 aromatic rings. The van der Waals surface area contributed by atoms with E-state index in [9.17, 15) is 0 Å². The van der Waals surface area contributed by atoms with Gasteiger partial charge < -0.3 is 4.74 Å². The topological polar surface area (TPSA) is 52.3 Å². The first kappa shape index (κ1) is 12.9. The van der Waals surface area contributed by atoms with Crippen molar-refractivity contribution in [2.75, 3.05) is 6.61 Å². The van der Waals surface area contributed by atoms with E-state index in [4.69, 9.17) is 4.74 Å². The van der Waals surface area contributed by atoms with Crippen molar-refractivity contribution >= 4 is 17.4 Å². The molecule has 1 aromatic carbocycles. The van der Waals surface area contributed by atoms with Crippen molar-refractivity contribution in [3.63, 3.8) is 0 Å². The van der Waals surface area contributed by atoms with Crippen LogP contribution in [-0.4, -0.2) is 26.2 Å². The summed E-state index contributed by atoms with van der Waals surface area (Å²) in [7, 11) is 0. The van der Waals surface area contributed by atoms with E-state index in [0.29, 0.717) is 12.6 Å². The molecule has 3 rings (SSSR count). The normalized spacial score (nSPS) is 10.8. The van der Waals surface area contributed by atoms with Crippen LogP contribution in [0.2, 0.25) is 0 Å². The highest BCUT2D eigenvalue weighted by Gasteiger charge is 2.09. The average molecular weight is 286 g/mol. The quantitative estimate of drug-likeness (QED) is 0.675. The van der Waals surface area contributed by atoms with Crippen molar-refractivity contribution in [1.29, 1.82) is 0 Å². The van der Waals surface area contributed by atoms with Gasteiger partial charge in [-0.05, 0) is 12.5 Å². The fraction of sp³-hybridized carbons (Fsp3) is 0.214. The summed E-state index contributed by atoms with van der Waals surface area (Å²) in [6.45, 7) is 2.47. The molecule has 0 aliphatic rings. The molecule has 0 N–H and O–H groups in total. The van der Waals surface area contributed by atoms with Gasteiger partial charge in [-0.25, -0.2) is 9.97 Å². The van der Waals surface area contributed by atoms with Crippen molar-refractivity contribution in [2.24, 2.45) is 0 Å². The van der Waals surface area contributed by atoms with Crippen LogP contribution < -0.4 is 4.74 Å². The summed E-state index contributed by atoms with van der Waals surface area (Å²) in [4.78, 5) is 8.62. The molecule has 0 fully saturated rings. The molecule has 0 aliphatic heterocycles. The lowest BCUT2D eigenvalue weighted by Gasteiger charge is -2.01. The van der Waals surface area contributed by atoms with Crippen molar-refractivity contribution in [3.8, 4) is 6.01 Å². The summed E-state index contributed by atoms with van der Waals surface area (Å²) in [6.07, 6.45) is 1.68. The molecule has 0 amide bonds. The van der Waals surface area contributed by atoms with Gasteiger partial charge in [-0.2, -0.15) is 4.52 Å². The maximum absolute atomic E-state index is 5.44. The van der Waals surface area contributed by atoms with E-state index < -0.39 is 0 Å². The highest BCUT2D eigenvalue weighted by atomic mass is 32.2. The second kappa shape index (κ2) is 5.92. The minimum atomic E-state index is 0.476. The Morgan fingerprint density at radius 1 is 1.20 bits per heavy atom. The monoisotopic (exact) mass is 286 g/mol. The number of benzene rings is 1. The largest absolute Gasteiger partial charge is 0.464 e. The maximum Gasteiger partial charge on any atom is 0.319 e. The summed E-state index contributed by atoms with van der Waals surface area (Å²) in [5.41, 5.74) is 2.00. The third-order valence-electron chi connectivity index (χ3n) is 2.69. The third-order valence-corrected chi connectivity index (χ3v) is 3.60. The first-order valence-electron chi connectivity index (χ1n) is 6.38. The molecule has 102 valence electrons. The van der Waals surface area contributed by atoms with Gasteiger partial charge in [0.15, 0.2) is 5.65 Å². The predicted octanol–water partition coefficient (Wildman–Crippen LogP) is 2.82. The van der Waals surface area contributed by atoms with Crippen molar-refractivity contribution in [3.05, 3.63) is 48.2 Å². The number of rotatable bonds is 5. The van der Waals surface area contributed by atoms with Gasteiger partial charge in [0.1, 0.15) is 0 Å². The molecule has 0 spiro atoms. The van der Waals surface area contributed by atoms with Crippen LogP contribution in [0, 0.1) is 0 Å². The molecular formula is C14H14N4OS. The van der Waals surface area contributed by atoms with Crippen LogP contribution in [0.25, 0.3) is 5.65 Å². The Kier molecular flexibility index (Phi) is 3.83. The lowest BCUT2D eigenvalue weighted by molar-refractivity contribution is 0.302. The van der Waals surface area contributed by atoms with Gasteiger partial charge in [0.25, 0.3) is 0 Å². The Morgan fingerprint density at radius 2 is 2.05 bits per heavy atom. The van der Waals surface area contributed by atoms with Gasteiger partial charge in [0.05, 0.1) is 6.61 Å². The zero-order chi connectivity index (χ0) is 13.8. The smallest absolute Gasteiger partial charge is 0.319 e. The van der Waals surface area contributed by atoms with Gasteiger partial charge in [0.2, 0.25) is 5.16 Å². The van der Waals surface area contributed by atoms with Crippen molar-refractivity contribution < 1.29 is 4.74 Å². The van der Waals surface area contributed by atoms with Gasteiger partial charge in [0, 0.05) is 18.0 Å². The Hall–Kier alpha value is -2.08. The second-order valence-electron chi connectivity index (χ2n) is 4.10. The SMILES string of the molecule is CCOc1nccc2nc(SCc3ccccc3)nn12. The van der Waals surface area contributed by atoms with E-state index in [0.717, 1.165) is 16.6 Å². The third kappa shape index (κ3) is 2.75. The minimum absolute atomic E-state index is 0.476. The first-order valence-corrected chi connectivity index (χ1v) is 7.36. The van der Waals surface area contributed by atoms with Crippen molar-refractivity contribution in [2.45, 2.75) is 17.8 Å². The van der Waals surface area contributed by atoms with Crippen LogP contribution in [-0.2, 0) is 5.75 Å². The number of hydrogen-bond acceptors (Lipinski definition) is 5. The Bertz CT molecular complexity index is 699. The molecule has 0 atom stereocenters. The van der Waals surface area contributed by atoms with Crippen LogP contribution in [0.1, 0.15) is 12.5 Å². The predicted molar refractivity (Wildman–Crippen MR) is 78.0 cm³/mol. The molecular weight excluding hydrogens is 272 g/mol. The number of thioether (sulfide) groups is 1. The van der Waals surface area contributed by atoms with Gasteiger partial charge >= 0.3 is 6.01 Å². The number of aromatic nitrogens is 4. The molecule has 5 nitrogen and oxygen atoms in total. The number of ether oxygens (including phenoxy) is 1. The zero-order valence-corrected chi connectivity index (χ0v) is 11.9. The standard InChI is InChI=1S/C14H14N4OS/c1-2-19-14-15-9-8-12-16-13(17-18(12)14)20-10-11-6-4-3-5-7-11/h3-9H,2,10H2,1H3. The van der Waals surface area contributed by atoms with Gasteiger partial charge in [-0.15, -0.1) is 5.10 Å². The van der Waals surface area contributed by atoms with Crippen LogP contribution in [0.3, 0.4) is 0 Å². The maximum atomic E-state index is 5.44. The van der Waals surface area contributed by atoms with E-state index in [1.807, 2.05) is 31.2 Å².